The Morgan fingerprint density at radius 3 is 2.56 bits per heavy atom. The molecule has 84 valence electrons. The van der Waals surface area contributed by atoms with E-state index < -0.39 is 0 Å². The van der Waals surface area contributed by atoms with Crippen LogP contribution in [0.25, 0.3) is 0 Å². The van der Waals surface area contributed by atoms with Gasteiger partial charge in [0, 0.05) is 18.7 Å². The van der Waals surface area contributed by atoms with Gasteiger partial charge in [0.05, 0.1) is 0 Å². The van der Waals surface area contributed by atoms with E-state index in [0.717, 1.165) is 0 Å². The second-order valence-corrected chi connectivity index (χ2v) is 3.43. The van der Waals surface area contributed by atoms with Crippen LogP contribution in [0.2, 0.25) is 0 Å². The van der Waals surface area contributed by atoms with Gasteiger partial charge in [-0.05, 0) is 19.1 Å². The smallest absolute Gasteiger partial charge is 0.254 e. The highest BCUT2D eigenvalue weighted by molar-refractivity contribution is 5.94. The quantitative estimate of drug-likeness (QED) is 0.692. The Kier molecular flexibility index (Phi) is 5.06. The van der Waals surface area contributed by atoms with Crippen molar-refractivity contribution in [1.29, 1.82) is 0 Å². The van der Waals surface area contributed by atoms with Crippen molar-refractivity contribution in [2.45, 2.75) is 6.92 Å². The fourth-order valence-electron chi connectivity index (χ4n) is 1.39. The van der Waals surface area contributed by atoms with E-state index in [1.54, 1.807) is 11.0 Å². The summed E-state index contributed by atoms with van der Waals surface area (Å²) in [5.41, 5.74) is 0.717. The lowest BCUT2D eigenvalue weighted by molar-refractivity contribution is 0.0791. The maximum absolute atomic E-state index is 12.1. The molecule has 0 spiro atoms. The molecule has 1 aromatic rings. The van der Waals surface area contributed by atoms with E-state index in [-0.39, 0.29) is 5.91 Å². The first kappa shape index (κ1) is 12.2. The van der Waals surface area contributed by atoms with Crippen LogP contribution in [0.15, 0.2) is 55.1 Å². The van der Waals surface area contributed by atoms with E-state index in [9.17, 15) is 4.79 Å². The number of amides is 1. The van der Waals surface area contributed by atoms with E-state index in [0.29, 0.717) is 18.7 Å². The molecule has 0 aliphatic heterocycles. The van der Waals surface area contributed by atoms with Crippen molar-refractivity contribution in [2.24, 2.45) is 0 Å². The largest absolute Gasteiger partial charge is 0.331 e. The third-order valence-corrected chi connectivity index (χ3v) is 2.22. The molecule has 16 heavy (non-hydrogen) atoms. The average Bonchev–Trinajstić information content (AvgIpc) is 2.35. The fourth-order valence-corrected chi connectivity index (χ4v) is 1.39. The molecule has 0 bridgehead atoms. The van der Waals surface area contributed by atoms with Crippen LogP contribution in [-0.2, 0) is 0 Å². The number of hydrogen-bond acceptors (Lipinski definition) is 1. The number of benzene rings is 1. The van der Waals surface area contributed by atoms with E-state index in [4.69, 9.17) is 0 Å². The first-order valence-electron chi connectivity index (χ1n) is 5.36. The minimum Gasteiger partial charge on any atom is -0.331 e. The van der Waals surface area contributed by atoms with Gasteiger partial charge in [-0.3, -0.25) is 4.79 Å². The Bertz CT molecular complexity index is 368. The molecule has 1 rings (SSSR count). The molecular formula is C14H17NO. The predicted molar refractivity (Wildman–Crippen MR) is 67.4 cm³/mol. The van der Waals surface area contributed by atoms with Crippen molar-refractivity contribution < 1.29 is 4.79 Å². The summed E-state index contributed by atoms with van der Waals surface area (Å²) in [7, 11) is 0. The molecule has 0 fully saturated rings. The molecule has 1 aromatic carbocycles. The van der Waals surface area contributed by atoms with Gasteiger partial charge >= 0.3 is 0 Å². The maximum Gasteiger partial charge on any atom is 0.254 e. The van der Waals surface area contributed by atoms with Crippen LogP contribution in [0, 0.1) is 0 Å². The summed E-state index contributed by atoms with van der Waals surface area (Å²) in [4.78, 5) is 13.8. The highest BCUT2D eigenvalue weighted by Gasteiger charge is 2.11. The van der Waals surface area contributed by atoms with Crippen molar-refractivity contribution in [3.63, 3.8) is 0 Å². The first-order valence-corrected chi connectivity index (χ1v) is 5.36. The lowest BCUT2D eigenvalue weighted by Crippen LogP contribution is -2.31. The van der Waals surface area contributed by atoms with Crippen molar-refractivity contribution in [1.82, 2.24) is 4.90 Å². The van der Waals surface area contributed by atoms with Gasteiger partial charge in [-0.15, -0.1) is 6.58 Å². The molecule has 0 saturated carbocycles. The normalized spacial score (nSPS) is 10.3. The Hall–Kier alpha value is -1.83. The van der Waals surface area contributed by atoms with Crippen LogP contribution in [-0.4, -0.2) is 23.9 Å². The zero-order valence-corrected chi connectivity index (χ0v) is 9.60. The van der Waals surface area contributed by atoms with Gasteiger partial charge in [-0.1, -0.05) is 36.4 Å². The average molecular weight is 215 g/mol. The number of hydrogen-bond donors (Lipinski definition) is 0. The van der Waals surface area contributed by atoms with Gasteiger partial charge < -0.3 is 4.90 Å². The Labute approximate surface area is 96.9 Å². The SMILES string of the molecule is C=CCN(C/C=C/C)C(=O)c1ccccc1. The summed E-state index contributed by atoms with van der Waals surface area (Å²) in [5.74, 6) is 0.0404. The molecular weight excluding hydrogens is 198 g/mol. The van der Waals surface area contributed by atoms with Crippen molar-refractivity contribution in [3.8, 4) is 0 Å². The van der Waals surface area contributed by atoms with Crippen LogP contribution >= 0.6 is 0 Å². The summed E-state index contributed by atoms with van der Waals surface area (Å²) in [5, 5.41) is 0. The third-order valence-electron chi connectivity index (χ3n) is 2.22. The molecule has 0 atom stereocenters. The van der Waals surface area contributed by atoms with E-state index in [1.807, 2.05) is 49.4 Å². The molecule has 0 radical (unpaired) electrons. The molecule has 0 N–H and O–H groups in total. The molecule has 0 unspecified atom stereocenters. The number of carbonyl (C=O) groups excluding carboxylic acids is 1. The second kappa shape index (κ2) is 6.62. The van der Waals surface area contributed by atoms with Crippen LogP contribution in [0.5, 0.6) is 0 Å². The number of nitrogens with zero attached hydrogens (tertiary/aromatic N) is 1. The number of carbonyl (C=O) groups is 1. The van der Waals surface area contributed by atoms with Gasteiger partial charge in [0.1, 0.15) is 0 Å². The van der Waals surface area contributed by atoms with Gasteiger partial charge in [0.25, 0.3) is 5.91 Å². The van der Waals surface area contributed by atoms with Gasteiger partial charge in [0.2, 0.25) is 0 Å². The highest BCUT2D eigenvalue weighted by atomic mass is 16.2. The summed E-state index contributed by atoms with van der Waals surface area (Å²) < 4.78 is 0. The zero-order chi connectivity index (χ0) is 11.8. The Morgan fingerprint density at radius 1 is 1.31 bits per heavy atom. The van der Waals surface area contributed by atoms with Crippen LogP contribution in [0.4, 0.5) is 0 Å². The molecule has 0 aromatic heterocycles. The predicted octanol–water partition coefficient (Wildman–Crippen LogP) is 2.89. The highest BCUT2D eigenvalue weighted by Crippen LogP contribution is 2.04. The minimum atomic E-state index is 0.0404. The molecule has 1 amide bonds. The summed E-state index contributed by atoms with van der Waals surface area (Å²) in [6.45, 7) is 6.80. The molecule has 0 saturated heterocycles. The standard InChI is InChI=1S/C14H17NO/c1-3-5-12-15(11-4-2)14(16)13-9-7-6-8-10-13/h3-10H,2,11-12H2,1H3/b5-3+. The minimum absolute atomic E-state index is 0.0404. The van der Waals surface area contributed by atoms with Gasteiger partial charge in [-0.25, -0.2) is 0 Å². The number of rotatable bonds is 5. The van der Waals surface area contributed by atoms with E-state index in [1.165, 1.54) is 0 Å². The number of allylic oxidation sites excluding steroid dienone is 1. The lowest BCUT2D eigenvalue weighted by atomic mass is 10.2. The second-order valence-electron chi connectivity index (χ2n) is 3.43. The molecule has 0 heterocycles. The van der Waals surface area contributed by atoms with Crippen molar-refractivity contribution in [2.75, 3.05) is 13.1 Å². The molecule has 2 heteroatoms. The van der Waals surface area contributed by atoms with Gasteiger partial charge in [0.15, 0.2) is 0 Å². The molecule has 0 aliphatic carbocycles. The third kappa shape index (κ3) is 3.39. The fraction of sp³-hybridized carbons (Fsp3) is 0.214. The van der Waals surface area contributed by atoms with Crippen LogP contribution in [0.3, 0.4) is 0 Å². The maximum atomic E-state index is 12.1. The topological polar surface area (TPSA) is 20.3 Å². The molecule has 0 aliphatic rings. The van der Waals surface area contributed by atoms with Gasteiger partial charge in [-0.2, -0.15) is 0 Å². The Balaban J connectivity index is 2.78. The summed E-state index contributed by atoms with van der Waals surface area (Å²) in [6, 6.07) is 9.30. The van der Waals surface area contributed by atoms with Crippen LogP contribution in [0.1, 0.15) is 17.3 Å². The summed E-state index contributed by atoms with van der Waals surface area (Å²) in [6.07, 6.45) is 5.64. The van der Waals surface area contributed by atoms with Crippen molar-refractivity contribution >= 4 is 5.91 Å². The first-order chi connectivity index (χ1) is 7.79. The molecule has 2 nitrogen and oxygen atoms in total. The Morgan fingerprint density at radius 2 is 2.00 bits per heavy atom. The van der Waals surface area contributed by atoms with E-state index >= 15 is 0 Å². The van der Waals surface area contributed by atoms with Crippen LogP contribution < -0.4 is 0 Å². The van der Waals surface area contributed by atoms with E-state index in [2.05, 4.69) is 6.58 Å². The zero-order valence-electron chi connectivity index (χ0n) is 9.60. The van der Waals surface area contributed by atoms with Crippen molar-refractivity contribution in [3.05, 3.63) is 60.7 Å². The lowest BCUT2D eigenvalue weighted by Gasteiger charge is -2.19. The summed E-state index contributed by atoms with van der Waals surface area (Å²) >= 11 is 0. The monoisotopic (exact) mass is 215 g/mol.